The highest BCUT2D eigenvalue weighted by Crippen LogP contribution is 2.14. The molecule has 0 bridgehead atoms. The van der Waals surface area contributed by atoms with Crippen molar-refractivity contribution in [3.63, 3.8) is 0 Å². The van der Waals surface area contributed by atoms with Gasteiger partial charge in [-0.05, 0) is 27.7 Å². The van der Waals surface area contributed by atoms with Gasteiger partial charge >= 0.3 is 6.09 Å². The Balaban J connectivity index is 2.73. The van der Waals surface area contributed by atoms with E-state index >= 15 is 0 Å². The van der Waals surface area contributed by atoms with Crippen molar-refractivity contribution in [2.45, 2.75) is 39.3 Å². The molecule has 1 aliphatic rings. The van der Waals surface area contributed by atoms with Crippen molar-refractivity contribution >= 4 is 17.9 Å². The molecule has 7 heteroatoms. The fourth-order valence-corrected chi connectivity index (χ4v) is 1.73. The molecule has 1 heterocycles. The molecule has 108 valence electrons. The Morgan fingerprint density at radius 3 is 2.16 bits per heavy atom. The molecule has 1 aliphatic heterocycles. The molecule has 1 fully saturated rings. The van der Waals surface area contributed by atoms with Gasteiger partial charge in [-0.1, -0.05) is 0 Å². The summed E-state index contributed by atoms with van der Waals surface area (Å²) in [6.07, 6.45) is -0.658. The lowest BCUT2D eigenvalue weighted by molar-refractivity contribution is -0.153. The van der Waals surface area contributed by atoms with Crippen LogP contribution in [0.5, 0.6) is 0 Å². The molecule has 0 spiro atoms. The van der Waals surface area contributed by atoms with Crippen molar-refractivity contribution in [1.82, 2.24) is 9.80 Å². The molecule has 0 aromatic carbocycles. The zero-order valence-electron chi connectivity index (χ0n) is 11.8. The first-order valence-electron chi connectivity index (χ1n) is 6.18. The summed E-state index contributed by atoms with van der Waals surface area (Å²) in [6.45, 7) is 6.74. The van der Waals surface area contributed by atoms with Gasteiger partial charge in [0.2, 0.25) is 11.8 Å². The van der Waals surface area contributed by atoms with E-state index in [0.29, 0.717) is 0 Å². The summed E-state index contributed by atoms with van der Waals surface area (Å²) in [5.41, 5.74) is 4.79. The van der Waals surface area contributed by atoms with Gasteiger partial charge in [0.15, 0.2) is 0 Å². The fraction of sp³-hybridized carbons (Fsp3) is 0.750. The first-order chi connectivity index (χ1) is 8.65. The number of ether oxygens (including phenoxy) is 1. The van der Waals surface area contributed by atoms with Gasteiger partial charge in [0.05, 0.1) is 0 Å². The normalized spacial score (nSPS) is 18.6. The zero-order valence-corrected chi connectivity index (χ0v) is 11.8. The van der Waals surface area contributed by atoms with Gasteiger partial charge in [-0.15, -0.1) is 0 Å². The summed E-state index contributed by atoms with van der Waals surface area (Å²) in [7, 11) is 0. The van der Waals surface area contributed by atoms with Crippen LogP contribution in [0.2, 0.25) is 0 Å². The topological polar surface area (TPSA) is 92.9 Å². The molecule has 1 unspecified atom stereocenters. The molecule has 3 amide bonds. The van der Waals surface area contributed by atoms with Crippen LogP contribution in [0, 0.1) is 0 Å². The molecule has 1 rings (SSSR count). The number of hydrogen-bond acceptors (Lipinski definition) is 5. The summed E-state index contributed by atoms with van der Waals surface area (Å²) in [4.78, 5) is 37.8. The lowest BCUT2D eigenvalue weighted by atomic mass is 10.2. The van der Waals surface area contributed by atoms with Gasteiger partial charge in [0.1, 0.15) is 18.7 Å². The maximum atomic E-state index is 11.9. The van der Waals surface area contributed by atoms with Crippen LogP contribution in [0.25, 0.3) is 0 Å². The smallest absolute Gasteiger partial charge is 0.411 e. The number of carbonyl (C=O) groups is 3. The first kappa shape index (κ1) is 15.4. The van der Waals surface area contributed by atoms with Gasteiger partial charge in [-0.3, -0.25) is 19.4 Å². The third kappa shape index (κ3) is 3.92. The van der Waals surface area contributed by atoms with Crippen molar-refractivity contribution in [3.8, 4) is 0 Å². The van der Waals surface area contributed by atoms with E-state index in [9.17, 15) is 14.4 Å². The Labute approximate surface area is 112 Å². The molecule has 19 heavy (non-hydrogen) atoms. The van der Waals surface area contributed by atoms with Crippen molar-refractivity contribution < 1.29 is 19.1 Å². The van der Waals surface area contributed by atoms with Gasteiger partial charge in [-0.2, -0.15) is 0 Å². The highest BCUT2D eigenvalue weighted by Gasteiger charge is 2.37. The number of hydrogen-bond donors (Lipinski definition) is 1. The van der Waals surface area contributed by atoms with E-state index in [-0.39, 0.29) is 25.7 Å². The van der Waals surface area contributed by atoms with Crippen LogP contribution in [-0.4, -0.2) is 59.0 Å². The number of amides is 3. The van der Waals surface area contributed by atoms with E-state index in [0.717, 1.165) is 9.80 Å². The Morgan fingerprint density at radius 2 is 1.79 bits per heavy atom. The first-order valence-corrected chi connectivity index (χ1v) is 6.18. The summed E-state index contributed by atoms with van der Waals surface area (Å²) < 4.78 is 5.14. The second kappa shape index (κ2) is 5.56. The van der Waals surface area contributed by atoms with E-state index in [1.807, 2.05) is 0 Å². The molecule has 0 radical (unpaired) electrons. The SMILES string of the molecule is CC(CN)N1C(=O)CN(C(=O)OC(C)(C)C)CC1=O. The van der Waals surface area contributed by atoms with Crippen LogP contribution in [0.1, 0.15) is 27.7 Å². The predicted molar refractivity (Wildman–Crippen MR) is 68.2 cm³/mol. The number of nitrogens with zero attached hydrogens (tertiary/aromatic N) is 2. The molecule has 2 N–H and O–H groups in total. The maximum absolute atomic E-state index is 11.9. The minimum Gasteiger partial charge on any atom is -0.444 e. The van der Waals surface area contributed by atoms with E-state index in [1.165, 1.54) is 0 Å². The largest absolute Gasteiger partial charge is 0.444 e. The van der Waals surface area contributed by atoms with Crippen LogP contribution in [-0.2, 0) is 14.3 Å². The quantitative estimate of drug-likeness (QED) is 0.710. The van der Waals surface area contributed by atoms with Crippen LogP contribution < -0.4 is 5.73 Å². The second-order valence-electron chi connectivity index (χ2n) is 5.58. The zero-order chi connectivity index (χ0) is 14.8. The van der Waals surface area contributed by atoms with E-state index in [4.69, 9.17) is 10.5 Å². The monoisotopic (exact) mass is 271 g/mol. The predicted octanol–water partition coefficient (Wildman–Crippen LogP) is -0.0605. The van der Waals surface area contributed by atoms with Crippen LogP contribution in [0.15, 0.2) is 0 Å². The number of imide groups is 1. The molecule has 1 atom stereocenters. The summed E-state index contributed by atoms with van der Waals surface area (Å²) >= 11 is 0. The Hall–Kier alpha value is -1.63. The molecule has 0 saturated carbocycles. The fourth-order valence-electron chi connectivity index (χ4n) is 1.73. The molecule has 0 aliphatic carbocycles. The minimum absolute atomic E-state index is 0.162. The van der Waals surface area contributed by atoms with Gasteiger partial charge < -0.3 is 10.5 Å². The van der Waals surface area contributed by atoms with Crippen molar-refractivity contribution in [3.05, 3.63) is 0 Å². The van der Waals surface area contributed by atoms with Crippen LogP contribution >= 0.6 is 0 Å². The average molecular weight is 271 g/mol. The molecule has 1 saturated heterocycles. The summed E-state index contributed by atoms with van der Waals surface area (Å²) in [5.74, 6) is -0.861. The Morgan fingerprint density at radius 1 is 1.32 bits per heavy atom. The lowest BCUT2D eigenvalue weighted by Gasteiger charge is -2.36. The van der Waals surface area contributed by atoms with Crippen molar-refractivity contribution in [2.75, 3.05) is 19.6 Å². The van der Waals surface area contributed by atoms with E-state index in [1.54, 1.807) is 27.7 Å². The average Bonchev–Trinajstić information content (AvgIpc) is 2.25. The number of nitrogens with two attached hydrogens (primary N) is 1. The van der Waals surface area contributed by atoms with E-state index in [2.05, 4.69) is 0 Å². The third-order valence-corrected chi connectivity index (χ3v) is 2.62. The molecule has 7 nitrogen and oxygen atoms in total. The van der Waals surface area contributed by atoms with E-state index < -0.39 is 23.5 Å². The van der Waals surface area contributed by atoms with Crippen molar-refractivity contribution in [2.24, 2.45) is 5.73 Å². The Kier molecular flexibility index (Phi) is 4.52. The van der Waals surface area contributed by atoms with Gasteiger partial charge in [0.25, 0.3) is 0 Å². The number of piperazine rings is 1. The van der Waals surface area contributed by atoms with Crippen LogP contribution in [0.3, 0.4) is 0 Å². The Bertz CT molecular complexity index is 371. The molecular weight excluding hydrogens is 250 g/mol. The third-order valence-electron chi connectivity index (χ3n) is 2.62. The standard InChI is InChI=1S/C12H21N3O4/c1-8(5-13)15-9(16)6-14(7-10(15)17)11(18)19-12(2,3)4/h8H,5-7,13H2,1-4H3. The lowest BCUT2D eigenvalue weighted by Crippen LogP contribution is -2.59. The molecule has 0 aromatic rings. The van der Waals surface area contributed by atoms with Crippen LogP contribution in [0.4, 0.5) is 4.79 Å². The molecular formula is C12H21N3O4. The van der Waals surface area contributed by atoms with Gasteiger partial charge in [0, 0.05) is 12.6 Å². The molecule has 0 aromatic heterocycles. The van der Waals surface area contributed by atoms with Gasteiger partial charge in [-0.25, -0.2) is 4.79 Å². The number of carbonyl (C=O) groups excluding carboxylic acids is 3. The highest BCUT2D eigenvalue weighted by atomic mass is 16.6. The number of rotatable bonds is 2. The summed E-state index contributed by atoms with van der Waals surface area (Å²) in [6, 6.07) is -0.360. The maximum Gasteiger partial charge on any atom is 0.411 e. The highest BCUT2D eigenvalue weighted by molar-refractivity contribution is 6.02. The minimum atomic E-state index is -0.662. The van der Waals surface area contributed by atoms with Crippen molar-refractivity contribution in [1.29, 1.82) is 0 Å². The summed E-state index contributed by atoms with van der Waals surface area (Å²) in [5, 5.41) is 0. The second-order valence-corrected chi connectivity index (χ2v) is 5.58.